The number of hydrogen-bond donors (Lipinski definition) is 2. The highest BCUT2D eigenvalue weighted by molar-refractivity contribution is 5.96. The number of allylic oxidation sites excluding steroid dienone is 1. The van der Waals surface area contributed by atoms with E-state index in [-0.39, 0.29) is 11.6 Å². The molecule has 30 heavy (non-hydrogen) atoms. The smallest absolute Gasteiger partial charge is 0.335 e. The Morgan fingerprint density at radius 1 is 1.43 bits per heavy atom. The van der Waals surface area contributed by atoms with Gasteiger partial charge in [0, 0.05) is 13.6 Å². The van der Waals surface area contributed by atoms with Crippen LogP contribution in [0.1, 0.15) is 45.9 Å². The highest BCUT2D eigenvalue weighted by Crippen LogP contribution is 2.37. The molecule has 2 aromatic heterocycles. The zero-order chi connectivity index (χ0) is 21.8. The lowest BCUT2D eigenvalue weighted by Gasteiger charge is -2.26. The van der Waals surface area contributed by atoms with E-state index in [1.165, 1.54) is 0 Å². The molecule has 3 aromatic rings. The summed E-state index contributed by atoms with van der Waals surface area (Å²) in [6, 6.07) is 5.00. The van der Waals surface area contributed by atoms with Crippen molar-refractivity contribution in [2.45, 2.75) is 32.9 Å². The Hall–Kier alpha value is -3.62. The third-order valence-electron chi connectivity index (χ3n) is 4.81. The first-order valence-corrected chi connectivity index (χ1v) is 9.63. The second kappa shape index (κ2) is 8.81. The minimum atomic E-state index is -0.986. The van der Waals surface area contributed by atoms with Crippen LogP contribution in [0.4, 0.5) is 5.95 Å². The number of aromatic carboxylic acids is 1. The molecule has 0 radical (unpaired) electrons. The summed E-state index contributed by atoms with van der Waals surface area (Å²) in [5, 5.41) is 16.3. The fourth-order valence-electron chi connectivity index (χ4n) is 3.50. The van der Waals surface area contributed by atoms with Gasteiger partial charge in [0.05, 0.1) is 22.8 Å². The number of nitrogens with zero attached hydrogens (tertiary/aromatic N) is 4. The summed E-state index contributed by atoms with van der Waals surface area (Å²) < 4.78 is 9.45. The van der Waals surface area contributed by atoms with E-state index < -0.39 is 5.97 Å². The maximum Gasteiger partial charge on any atom is 0.335 e. The van der Waals surface area contributed by atoms with Crippen LogP contribution in [0.3, 0.4) is 0 Å². The Balaban J connectivity index is 0.000000216. The van der Waals surface area contributed by atoms with Gasteiger partial charge < -0.3 is 19.7 Å². The number of anilines is 1. The zero-order valence-electron chi connectivity index (χ0n) is 17.3. The number of aromatic nitrogens is 4. The van der Waals surface area contributed by atoms with Crippen LogP contribution in [0.25, 0.3) is 11.0 Å². The molecule has 2 N–H and O–H groups in total. The van der Waals surface area contributed by atoms with Gasteiger partial charge in [-0.05, 0) is 38.5 Å². The Labute approximate surface area is 174 Å². The fourth-order valence-corrected chi connectivity index (χ4v) is 3.50. The van der Waals surface area contributed by atoms with E-state index in [0.29, 0.717) is 29.5 Å². The molecule has 0 saturated carbocycles. The fraction of sp³-hybridized carbons (Fsp3) is 0.333. The van der Waals surface area contributed by atoms with Crippen LogP contribution in [0.5, 0.6) is 5.75 Å². The number of carbonyl (C=O) groups is 2. The molecular weight excluding hydrogens is 386 g/mol. The molecule has 0 fully saturated rings. The summed E-state index contributed by atoms with van der Waals surface area (Å²) in [6.07, 6.45) is 3.43. The number of benzene rings is 1. The van der Waals surface area contributed by atoms with E-state index >= 15 is 0 Å². The molecule has 0 aliphatic carbocycles. The number of nitrogens with one attached hydrogen (secondary N) is 1. The van der Waals surface area contributed by atoms with Crippen molar-refractivity contribution in [3.8, 4) is 5.75 Å². The van der Waals surface area contributed by atoms with Crippen LogP contribution >= 0.6 is 0 Å². The van der Waals surface area contributed by atoms with Crippen molar-refractivity contribution >= 4 is 29.2 Å². The number of ether oxygens (including phenoxy) is 1. The first kappa shape index (κ1) is 21.1. The highest BCUT2D eigenvalue weighted by Gasteiger charge is 2.27. The second-order valence-corrected chi connectivity index (χ2v) is 6.84. The number of imidazole rings is 1. The molecule has 0 saturated heterocycles. The predicted octanol–water partition coefficient (Wildman–Crippen LogP) is 3.31. The second-order valence-electron chi connectivity index (χ2n) is 6.84. The minimum Gasteiger partial charge on any atom is -0.489 e. The van der Waals surface area contributed by atoms with Gasteiger partial charge in [0.15, 0.2) is 6.29 Å². The lowest BCUT2D eigenvalue weighted by atomic mass is 10.1. The van der Waals surface area contributed by atoms with Crippen molar-refractivity contribution in [3.05, 3.63) is 47.8 Å². The molecule has 4 rings (SSSR count). The van der Waals surface area contributed by atoms with E-state index in [1.807, 2.05) is 19.9 Å². The summed E-state index contributed by atoms with van der Waals surface area (Å²) in [5.41, 5.74) is 3.18. The standard InChI is InChI=1S/C14H15N3O3.C7H10N2O/c1-3-4-9-7-20-11-6-8(13(18)19)5-10-12(11)17(9)14(15-2)16-10;1-3-9-7(5-10)4-6(2)8-9/h3,5-6,9H,1,4,7H2,2H3,(H,15,16)(H,18,19);4-5H,3H2,1-2H3/t9-;/m1./s1. The number of hydrogen-bond acceptors (Lipinski definition) is 6. The zero-order valence-corrected chi connectivity index (χ0v) is 17.3. The quantitative estimate of drug-likeness (QED) is 0.473. The largest absolute Gasteiger partial charge is 0.489 e. The Morgan fingerprint density at radius 2 is 2.20 bits per heavy atom. The molecule has 1 aliphatic heterocycles. The van der Waals surface area contributed by atoms with Crippen molar-refractivity contribution in [3.63, 3.8) is 0 Å². The van der Waals surface area contributed by atoms with Crippen molar-refractivity contribution in [2.75, 3.05) is 19.0 Å². The molecule has 3 heterocycles. The third-order valence-corrected chi connectivity index (χ3v) is 4.81. The SMILES string of the molecule is C=CC[C@@H]1COc2cc(C(=O)O)cc3nc(NC)n1c23.CCn1nc(C)cc1C=O. The molecule has 0 spiro atoms. The molecule has 1 aliphatic rings. The average molecular weight is 411 g/mol. The van der Waals surface area contributed by atoms with Crippen LogP contribution < -0.4 is 10.1 Å². The van der Waals surface area contributed by atoms with Crippen molar-refractivity contribution in [1.82, 2.24) is 19.3 Å². The molecular formula is C21H25N5O4. The van der Waals surface area contributed by atoms with Crippen molar-refractivity contribution in [2.24, 2.45) is 0 Å². The van der Waals surface area contributed by atoms with Crippen LogP contribution in [0.15, 0.2) is 30.9 Å². The van der Waals surface area contributed by atoms with Crippen molar-refractivity contribution in [1.29, 1.82) is 0 Å². The van der Waals surface area contributed by atoms with Gasteiger partial charge in [-0.15, -0.1) is 6.58 Å². The van der Waals surface area contributed by atoms with Gasteiger partial charge in [-0.25, -0.2) is 9.78 Å². The van der Waals surface area contributed by atoms with Crippen LogP contribution in [-0.4, -0.2) is 50.3 Å². The van der Waals surface area contributed by atoms with E-state index in [0.717, 1.165) is 30.5 Å². The molecule has 0 bridgehead atoms. The molecule has 0 unspecified atom stereocenters. The normalized spacial score (nSPS) is 14.4. The lowest BCUT2D eigenvalue weighted by Crippen LogP contribution is -2.22. The van der Waals surface area contributed by atoms with Gasteiger partial charge in [0.1, 0.15) is 23.6 Å². The molecule has 0 amide bonds. The summed E-state index contributed by atoms with van der Waals surface area (Å²) in [4.78, 5) is 25.9. The van der Waals surface area contributed by atoms with E-state index in [9.17, 15) is 9.59 Å². The van der Waals surface area contributed by atoms with Crippen molar-refractivity contribution < 1.29 is 19.4 Å². The monoisotopic (exact) mass is 411 g/mol. The van der Waals surface area contributed by atoms with Gasteiger partial charge in [0.25, 0.3) is 0 Å². The van der Waals surface area contributed by atoms with Gasteiger partial charge in [-0.2, -0.15) is 5.10 Å². The summed E-state index contributed by atoms with van der Waals surface area (Å²) >= 11 is 0. The van der Waals surface area contributed by atoms with Gasteiger partial charge >= 0.3 is 5.97 Å². The van der Waals surface area contributed by atoms with E-state index in [2.05, 4.69) is 26.5 Å². The Bertz CT molecular complexity index is 1100. The molecule has 1 aromatic carbocycles. The van der Waals surface area contributed by atoms with E-state index in [1.54, 1.807) is 29.9 Å². The van der Waals surface area contributed by atoms with Crippen LogP contribution in [-0.2, 0) is 6.54 Å². The third kappa shape index (κ3) is 3.91. The highest BCUT2D eigenvalue weighted by atomic mass is 16.5. The first-order chi connectivity index (χ1) is 14.4. The summed E-state index contributed by atoms with van der Waals surface area (Å²) in [6.45, 7) is 8.82. The molecule has 158 valence electrons. The number of carbonyl (C=O) groups excluding carboxylic acids is 1. The van der Waals surface area contributed by atoms with Crippen LogP contribution in [0.2, 0.25) is 0 Å². The number of carboxylic acid groups (broad SMARTS) is 1. The lowest BCUT2D eigenvalue weighted by molar-refractivity contribution is 0.0696. The molecule has 1 atom stereocenters. The number of rotatable bonds is 6. The maximum atomic E-state index is 11.1. The average Bonchev–Trinajstić information content (AvgIpc) is 3.31. The molecule has 9 nitrogen and oxygen atoms in total. The van der Waals surface area contributed by atoms with Gasteiger partial charge in [0.2, 0.25) is 5.95 Å². The first-order valence-electron chi connectivity index (χ1n) is 9.63. The Morgan fingerprint density at radius 3 is 2.77 bits per heavy atom. The Kier molecular flexibility index (Phi) is 6.20. The summed E-state index contributed by atoms with van der Waals surface area (Å²) in [5.74, 6) is 0.286. The number of aryl methyl sites for hydroxylation is 2. The minimum absolute atomic E-state index is 0.114. The van der Waals surface area contributed by atoms with Crippen LogP contribution in [0, 0.1) is 6.92 Å². The number of aldehydes is 1. The van der Waals surface area contributed by atoms with Gasteiger partial charge in [-0.1, -0.05) is 6.08 Å². The predicted molar refractivity (Wildman–Crippen MR) is 114 cm³/mol. The van der Waals surface area contributed by atoms with Gasteiger partial charge in [-0.3, -0.25) is 9.48 Å². The number of carboxylic acids is 1. The molecule has 9 heteroatoms. The maximum absolute atomic E-state index is 11.1. The topological polar surface area (TPSA) is 111 Å². The van der Waals surface area contributed by atoms with E-state index in [4.69, 9.17) is 9.84 Å². The summed E-state index contributed by atoms with van der Waals surface area (Å²) in [7, 11) is 1.79.